The Balaban J connectivity index is 1.02. The first-order valence-corrected chi connectivity index (χ1v) is 20.9. The number of aryl methyl sites for hydroxylation is 1. The SMILES string of the molecule is C[C@]12CC[C@@H]3c4ccc(OCCN(C(=O)Oc5ccccc5)[C@H]5CCSSC5)cc4CCC3[C@@H]1CC[C@@H]2OCCCOC(C(F)(F)F)(C(F)(F)F)C(F)(F)F. The normalized spacial score (nSPS) is 27.1. The van der Waals surface area contributed by atoms with Crippen LogP contribution in [0, 0.1) is 17.3 Å². The molecule has 0 radical (unpaired) electrons. The molecule has 6 rings (SSSR count). The first-order chi connectivity index (χ1) is 26.0. The maximum atomic E-state index is 13.2. The lowest BCUT2D eigenvalue weighted by atomic mass is 9.55. The summed E-state index contributed by atoms with van der Waals surface area (Å²) < 4.78 is 140. The van der Waals surface area contributed by atoms with E-state index in [1.807, 2.05) is 24.3 Å². The Morgan fingerprint density at radius 1 is 0.836 bits per heavy atom. The maximum absolute atomic E-state index is 13.2. The van der Waals surface area contributed by atoms with Gasteiger partial charge in [0.15, 0.2) is 0 Å². The van der Waals surface area contributed by atoms with Crippen LogP contribution >= 0.6 is 21.6 Å². The van der Waals surface area contributed by atoms with Crippen molar-refractivity contribution in [1.82, 2.24) is 4.90 Å². The van der Waals surface area contributed by atoms with E-state index in [4.69, 9.17) is 14.2 Å². The molecule has 1 saturated heterocycles. The molecule has 2 saturated carbocycles. The summed E-state index contributed by atoms with van der Waals surface area (Å²) in [6, 6.07) is 15.2. The number of para-hydroxylation sites is 1. The number of fused-ring (bicyclic) bond motifs is 5. The molecule has 6 atom stereocenters. The molecule has 0 aromatic heterocycles. The molecule has 55 heavy (non-hydrogen) atoms. The second-order valence-corrected chi connectivity index (χ2v) is 17.5. The third kappa shape index (κ3) is 8.69. The molecule has 0 bridgehead atoms. The van der Waals surface area contributed by atoms with Crippen molar-refractivity contribution in [3.63, 3.8) is 0 Å². The molecule has 17 heteroatoms. The zero-order chi connectivity index (χ0) is 39.6. The fourth-order valence-corrected chi connectivity index (χ4v) is 11.6. The van der Waals surface area contributed by atoms with Crippen molar-refractivity contribution in [2.24, 2.45) is 17.3 Å². The summed E-state index contributed by atoms with van der Waals surface area (Å²) in [5.41, 5.74) is -4.09. The lowest BCUT2D eigenvalue weighted by Crippen LogP contribution is -2.67. The molecule has 1 heterocycles. The summed E-state index contributed by atoms with van der Waals surface area (Å²) in [4.78, 5) is 15.0. The van der Waals surface area contributed by atoms with Crippen LogP contribution in [-0.2, 0) is 15.9 Å². The van der Waals surface area contributed by atoms with Crippen LogP contribution in [0.4, 0.5) is 44.3 Å². The minimum atomic E-state index is -6.75. The Hall–Kier alpha value is -2.50. The second-order valence-electron chi connectivity index (χ2n) is 14.9. The van der Waals surface area contributed by atoms with Crippen molar-refractivity contribution in [2.75, 3.05) is 37.9 Å². The van der Waals surface area contributed by atoms with Crippen molar-refractivity contribution < 1.29 is 63.3 Å². The van der Waals surface area contributed by atoms with Gasteiger partial charge in [-0.3, -0.25) is 0 Å². The van der Waals surface area contributed by atoms with E-state index in [-0.39, 0.29) is 30.1 Å². The summed E-state index contributed by atoms with van der Waals surface area (Å²) in [6.07, 6.45) is -15.8. The third-order valence-electron chi connectivity index (χ3n) is 11.8. The Kier molecular flexibility index (Phi) is 12.8. The molecular formula is C38H44F9NO5S2. The molecule has 0 N–H and O–H groups in total. The van der Waals surface area contributed by atoms with Crippen LogP contribution in [0.5, 0.6) is 11.5 Å². The standard InChI is InChI=1S/C38H44F9NO5S2/c1-34-16-14-29-28-11-9-27(50-20-17-48(25-15-21-54-55-23-25)33(49)53-26-6-3-2-4-7-26)22-24(28)8-10-30(29)31(34)12-13-32(34)51-18-5-19-52-35(36(39,40)41,37(42,43)44)38(45,46)47/h2-4,6-7,9,11,22,25,29-32H,5,8,10,12-21,23H2,1H3/t25-,29+,30?,31-,32-,34-/m0/s1. The van der Waals surface area contributed by atoms with Crippen LogP contribution in [0.3, 0.4) is 0 Å². The minimum Gasteiger partial charge on any atom is -0.492 e. The van der Waals surface area contributed by atoms with Crippen molar-refractivity contribution in [3.8, 4) is 11.5 Å². The first-order valence-electron chi connectivity index (χ1n) is 18.5. The van der Waals surface area contributed by atoms with E-state index in [1.165, 1.54) is 11.1 Å². The third-order valence-corrected chi connectivity index (χ3v) is 14.3. The van der Waals surface area contributed by atoms with Gasteiger partial charge in [-0.1, -0.05) is 52.8 Å². The van der Waals surface area contributed by atoms with Gasteiger partial charge in [-0.15, -0.1) is 0 Å². The maximum Gasteiger partial charge on any atom is 0.435 e. The van der Waals surface area contributed by atoms with Crippen LogP contribution in [0.1, 0.15) is 68.9 Å². The number of carbonyl (C=O) groups excluding carboxylic acids is 1. The van der Waals surface area contributed by atoms with E-state index in [9.17, 15) is 44.3 Å². The van der Waals surface area contributed by atoms with E-state index in [2.05, 4.69) is 23.8 Å². The zero-order valence-corrected chi connectivity index (χ0v) is 31.7. The monoisotopic (exact) mass is 829 g/mol. The lowest BCUT2D eigenvalue weighted by Gasteiger charge is -2.50. The van der Waals surface area contributed by atoms with E-state index in [0.717, 1.165) is 55.8 Å². The molecule has 2 aromatic carbocycles. The fraction of sp³-hybridized carbons (Fsp3) is 0.658. The number of carbonyl (C=O) groups is 1. The van der Waals surface area contributed by atoms with Gasteiger partial charge in [0.2, 0.25) is 0 Å². The highest BCUT2D eigenvalue weighted by Gasteiger charge is 2.85. The van der Waals surface area contributed by atoms with Crippen molar-refractivity contribution in [2.45, 2.75) is 100 Å². The topological polar surface area (TPSA) is 57.2 Å². The summed E-state index contributed by atoms with van der Waals surface area (Å²) in [6.45, 7) is 0.998. The molecule has 1 unspecified atom stereocenters. The number of nitrogens with zero attached hydrogens (tertiary/aromatic N) is 1. The Bertz CT molecular complexity index is 1570. The molecule has 1 amide bonds. The fourth-order valence-electron chi connectivity index (χ4n) is 9.14. The van der Waals surface area contributed by atoms with Gasteiger partial charge in [0.25, 0.3) is 0 Å². The Morgan fingerprint density at radius 3 is 2.24 bits per heavy atom. The Morgan fingerprint density at radius 2 is 1.56 bits per heavy atom. The van der Waals surface area contributed by atoms with Crippen LogP contribution < -0.4 is 9.47 Å². The van der Waals surface area contributed by atoms with Crippen LogP contribution in [0.15, 0.2) is 48.5 Å². The average Bonchev–Trinajstić information content (AvgIpc) is 3.46. The number of halogens is 9. The van der Waals surface area contributed by atoms with Gasteiger partial charge >= 0.3 is 30.2 Å². The highest BCUT2D eigenvalue weighted by atomic mass is 33.1. The quantitative estimate of drug-likeness (QED) is 0.120. The van der Waals surface area contributed by atoms with Gasteiger partial charge in [-0.2, -0.15) is 39.5 Å². The number of alkyl halides is 9. The summed E-state index contributed by atoms with van der Waals surface area (Å²) in [5, 5.41) is 0. The van der Waals surface area contributed by atoms with Crippen molar-refractivity contribution in [3.05, 3.63) is 59.7 Å². The molecule has 2 aromatic rings. The summed E-state index contributed by atoms with van der Waals surface area (Å²) in [5.74, 6) is 3.86. The molecule has 0 spiro atoms. The Labute approximate surface area is 321 Å². The highest BCUT2D eigenvalue weighted by molar-refractivity contribution is 8.76. The number of rotatable bonds is 12. The van der Waals surface area contributed by atoms with E-state index >= 15 is 0 Å². The average molecular weight is 830 g/mol. The molecule has 1 aliphatic heterocycles. The first kappa shape index (κ1) is 42.1. The van der Waals surface area contributed by atoms with Gasteiger partial charge in [0.1, 0.15) is 18.1 Å². The number of ether oxygens (including phenoxy) is 4. The molecule has 3 fully saturated rings. The van der Waals surface area contributed by atoms with Gasteiger partial charge in [0, 0.05) is 24.2 Å². The predicted molar refractivity (Wildman–Crippen MR) is 190 cm³/mol. The molecule has 306 valence electrons. The lowest BCUT2D eigenvalue weighted by molar-refractivity contribution is -0.457. The number of hydrogen-bond donors (Lipinski definition) is 0. The van der Waals surface area contributed by atoms with Gasteiger partial charge in [-0.25, -0.2) is 4.79 Å². The smallest absolute Gasteiger partial charge is 0.435 e. The van der Waals surface area contributed by atoms with Crippen LogP contribution in [-0.4, -0.2) is 85.1 Å². The van der Waals surface area contributed by atoms with Crippen LogP contribution in [0.25, 0.3) is 0 Å². The number of amides is 1. The van der Waals surface area contributed by atoms with Gasteiger partial charge in [-0.05, 0) is 110 Å². The van der Waals surface area contributed by atoms with Crippen molar-refractivity contribution >= 4 is 27.7 Å². The zero-order valence-electron chi connectivity index (χ0n) is 30.1. The van der Waals surface area contributed by atoms with Gasteiger partial charge in [0.05, 0.1) is 19.3 Å². The highest BCUT2D eigenvalue weighted by Crippen LogP contribution is 2.62. The summed E-state index contributed by atoms with van der Waals surface area (Å²) >= 11 is 0. The number of benzene rings is 2. The van der Waals surface area contributed by atoms with E-state index in [0.29, 0.717) is 37.2 Å². The van der Waals surface area contributed by atoms with E-state index < -0.39 is 43.3 Å². The predicted octanol–water partition coefficient (Wildman–Crippen LogP) is 10.8. The molecular weight excluding hydrogens is 786 g/mol. The van der Waals surface area contributed by atoms with Gasteiger partial charge < -0.3 is 23.8 Å². The molecule has 3 aliphatic carbocycles. The van der Waals surface area contributed by atoms with E-state index in [1.54, 1.807) is 38.6 Å². The van der Waals surface area contributed by atoms with Crippen LogP contribution in [0.2, 0.25) is 0 Å². The molecule has 6 nitrogen and oxygen atoms in total. The van der Waals surface area contributed by atoms with Crippen molar-refractivity contribution in [1.29, 1.82) is 0 Å². The molecule has 4 aliphatic rings. The largest absolute Gasteiger partial charge is 0.492 e. The second kappa shape index (κ2) is 16.8. The summed E-state index contributed by atoms with van der Waals surface area (Å²) in [7, 11) is 3.54. The minimum absolute atomic E-state index is 0.0400. The number of hydrogen-bond acceptors (Lipinski definition) is 7.